The molecule has 0 saturated heterocycles. The fourth-order valence-electron chi connectivity index (χ4n) is 2.14. The second kappa shape index (κ2) is 7.61. The zero-order valence-electron chi connectivity index (χ0n) is 12.6. The number of oxazole rings is 1. The first kappa shape index (κ1) is 16.7. The maximum Gasteiger partial charge on any atom is 0.233 e. The van der Waals surface area contributed by atoms with Crippen molar-refractivity contribution in [2.45, 2.75) is 13.0 Å². The Hall–Kier alpha value is -2.15. The SMILES string of the molecule is Fc1cccc(F)c1OCc1nc2c(OCCCBr)cccc2o1. The lowest BCUT2D eigenvalue weighted by Crippen LogP contribution is -2.00. The monoisotopic (exact) mass is 397 g/mol. The van der Waals surface area contributed by atoms with Gasteiger partial charge in [0.25, 0.3) is 0 Å². The molecule has 0 amide bonds. The average molecular weight is 398 g/mol. The second-order valence-electron chi connectivity index (χ2n) is 4.94. The standard InChI is InChI=1S/C17H14BrF2NO3/c18-8-3-9-22-13-6-2-7-14-16(13)21-15(24-14)10-23-17-11(19)4-1-5-12(17)20/h1-2,4-7H,3,8-10H2. The maximum atomic E-state index is 13.6. The third-order valence-electron chi connectivity index (χ3n) is 3.22. The third kappa shape index (κ3) is 3.67. The van der Waals surface area contributed by atoms with Gasteiger partial charge >= 0.3 is 0 Å². The van der Waals surface area contributed by atoms with E-state index in [2.05, 4.69) is 20.9 Å². The van der Waals surface area contributed by atoms with E-state index < -0.39 is 17.4 Å². The predicted octanol–water partition coefficient (Wildman–Crippen LogP) is 4.85. The molecule has 0 spiro atoms. The largest absolute Gasteiger partial charge is 0.491 e. The zero-order chi connectivity index (χ0) is 16.9. The van der Waals surface area contributed by atoms with Gasteiger partial charge in [-0.05, 0) is 30.7 Å². The molecule has 1 aromatic heterocycles. The van der Waals surface area contributed by atoms with Crippen LogP contribution < -0.4 is 9.47 Å². The van der Waals surface area contributed by atoms with Gasteiger partial charge in [0.15, 0.2) is 35.1 Å². The maximum absolute atomic E-state index is 13.6. The van der Waals surface area contributed by atoms with Crippen molar-refractivity contribution in [3.63, 3.8) is 0 Å². The number of hydrogen-bond acceptors (Lipinski definition) is 4. The lowest BCUT2D eigenvalue weighted by atomic mass is 10.3. The highest BCUT2D eigenvalue weighted by Gasteiger charge is 2.14. The smallest absolute Gasteiger partial charge is 0.233 e. The summed E-state index contributed by atoms with van der Waals surface area (Å²) in [5.74, 6) is -1.19. The van der Waals surface area contributed by atoms with E-state index in [1.807, 2.05) is 0 Å². The summed E-state index contributed by atoms with van der Waals surface area (Å²) >= 11 is 3.34. The van der Waals surface area contributed by atoms with Gasteiger partial charge in [0.05, 0.1) is 6.61 Å². The Morgan fingerprint density at radius 3 is 2.54 bits per heavy atom. The Morgan fingerprint density at radius 2 is 1.79 bits per heavy atom. The van der Waals surface area contributed by atoms with E-state index in [0.29, 0.717) is 23.5 Å². The summed E-state index contributed by atoms with van der Waals surface area (Å²) in [6.07, 6.45) is 0.858. The molecular weight excluding hydrogens is 384 g/mol. The number of benzene rings is 2. The lowest BCUT2D eigenvalue weighted by molar-refractivity contribution is 0.243. The van der Waals surface area contributed by atoms with Gasteiger partial charge in [0.2, 0.25) is 5.89 Å². The van der Waals surface area contributed by atoms with Crippen LogP contribution in [0.15, 0.2) is 40.8 Å². The molecule has 2 aromatic carbocycles. The summed E-state index contributed by atoms with van der Waals surface area (Å²) in [7, 11) is 0. The number of fused-ring (bicyclic) bond motifs is 1. The molecule has 3 rings (SSSR count). The molecule has 0 atom stereocenters. The average Bonchev–Trinajstić information content (AvgIpc) is 2.98. The van der Waals surface area contributed by atoms with Gasteiger partial charge in [-0.25, -0.2) is 13.8 Å². The van der Waals surface area contributed by atoms with E-state index >= 15 is 0 Å². The number of nitrogens with zero attached hydrogens (tertiary/aromatic N) is 1. The highest BCUT2D eigenvalue weighted by Crippen LogP contribution is 2.27. The minimum atomic E-state index is -0.773. The van der Waals surface area contributed by atoms with Crippen LogP contribution in [0.25, 0.3) is 11.1 Å². The van der Waals surface area contributed by atoms with Crippen molar-refractivity contribution in [2.24, 2.45) is 0 Å². The molecule has 4 nitrogen and oxygen atoms in total. The summed E-state index contributed by atoms with van der Waals surface area (Å²) in [6.45, 7) is 0.358. The van der Waals surface area contributed by atoms with Gasteiger partial charge < -0.3 is 13.9 Å². The van der Waals surface area contributed by atoms with Crippen molar-refractivity contribution < 1.29 is 22.7 Å². The van der Waals surface area contributed by atoms with Crippen molar-refractivity contribution >= 4 is 27.0 Å². The number of para-hydroxylation sites is 2. The predicted molar refractivity (Wildman–Crippen MR) is 88.6 cm³/mol. The van der Waals surface area contributed by atoms with E-state index in [1.54, 1.807) is 18.2 Å². The van der Waals surface area contributed by atoms with Crippen LogP contribution in [0.1, 0.15) is 12.3 Å². The molecule has 0 aliphatic carbocycles. The van der Waals surface area contributed by atoms with E-state index in [-0.39, 0.29) is 12.5 Å². The van der Waals surface area contributed by atoms with Crippen molar-refractivity contribution in [3.05, 3.63) is 53.9 Å². The van der Waals surface area contributed by atoms with Gasteiger partial charge in [-0.3, -0.25) is 0 Å². The van der Waals surface area contributed by atoms with Crippen LogP contribution in [0.4, 0.5) is 8.78 Å². The minimum Gasteiger partial charge on any atom is -0.491 e. The molecule has 3 aromatic rings. The van der Waals surface area contributed by atoms with Crippen LogP contribution in [-0.2, 0) is 6.61 Å². The van der Waals surface area contributed by atoms with Crippen LogP contribution >= 0.6 is 15.9 Å². The molecule has 0 bridgehead atoms. The first-order valence-electron chi connectivity index (χ1n) is 7.33. The van der Waals surface area contributed by atoms with Gasteiger partial charge in [-0.1, -0.05) is 28.1 Å². The number of aromatic nitrogens is 1. The molecule has 0 aliphatic heterocycles. The van der Waals surface area contributed by atoms with Crippen LogP contribution in [0.2, 0.25) is 0 Å². The van der Waals surface area contributed by atoms with E-state index in [0.717, 1.165) is 23.9 Å². The normalized spacial score (nSPS) is 11.0. The molecule has 126 valence electrons. The highest BCUT2D eigenvalue weighted by atomic mass is 79.9. The summed E-state index contributed by atoms with van der Waals surface area (Å²) in [5, 5.41) is 0.842. The lowest BCUT2D eigenvalue weighted by Gasteiger charge is -2.05. The Morgan fingerprint density at radius 1 is 1.04 bits per heavy atom. The fraction of sp³-hybridized carbons (Fsp3) is 0.235. The highest BCUT2D eigenvalue weighted by molar-refractivity contribution is 9.09. The molecule has 24 heavy (non-hydrogen) atoms. The first-order chi connectivity index (χ1) is 11.7. The Kier molecular flexibility index (Phi) is 5.30. The molecule has 0 radical (unpaired) electrons. The number of ether oxygens (including phenoxy) is 2. The number of rotatable bonds is 7. The summed E-state index contributed by atoms with van der Waals surface area (Å²) < 4.78 is 43.5. The molecule has 0 fully saturated rings. The Bertz CT molecular complexity index is 818. The molecule has 0 N–H and O–H groups in total. The summed E-state index contributed by atoms with van der Waals surface area (Å²) in [6, 6.07) is 8.85. The molecule has 0 aliphatic rings. The Labute approximate surface area is 145 Å². The summed E-state index contributed by atoms with van der Waals surface area (Å²) in [5.41, 5.74) is 1.08. The van der Waals surface area contributed by atoms with Gasteiger partial charge in [0.1, 0.15) is 5.75 Å². The zero-order valence-corrected chi connectivity index (χ0v) is 14.2. The van der Waals surface area contributed by atoms with Crippen LogP contribution in [0, 0.1) is 11.6 Å². The van der Waals surface area contributed by atoms with Crippen molar-refractivity contribution in [3.8, 4) is 11.5 Å². The number of alkyl halides is 1. The van der Waals surface area contributed by atoms with Gasteiger partial charge in [0, 0.05) is 5.33 Å². The first-order valence-corrected chi connectivity index (χ1v) is 8.45. The second-order valence-corrected chi connectivity index (χ2v) is 5.73. The van der Waals surface area contributed by atoms with E-state index in [4.69, 9.17) is 13.9 Å². The number of hydrogen-bond donors (Lipinski definition) is 0. The van der Waals surface area contributed by atoms with Crippen molar-refractivity contribution in [2.75, 3.05) is 11.9 Å². The van der Waals surface area contributed by atoms with Crippen LogP contribution in [0.3, 0.4) is 0 Å². The quantitative estimate of drug-likeness (QED) is 0.422. The van der Waals surface area contributed by atoms with Crippen molar-refractivity contribution in [1.82, 2.24) is 4.98 Å². The molecule has 1 heterocycles. The van der Waals surface area contributed by atoms with E-state index in [1.165, 1.54) is 6.07 Å². The third-order valence-corrected chi connectivity index (χ3v) is 3.78. The topological polar surface area (TPSA) is 44.5 Å². The van der Waals surface area contributed by atoms with Gasteiger partial charge in [-0.15, -0.1) is 0 Å². The van der Waals surface area contributed by atoms with E-state index in [9.17, 15) is 8.78 Å². The molecule has 7 heteroatoms. The van der Waals surface area contributed by atoms with Crippen molar-refractivity contribution in [1.29, 1.82) is 0 Å². The minimum absolute atomic E-state index is 0.187. The molecule has 0 saturated carbocycles. The van der Waals surface area contributed by atoms with Gasteiger partial charge in [-0.2, -0.15) is 0 Å². The van der Waals surface area contributed by atoms with Crippen LogP contribution in [0.5, 0.6) is 11.5 Å². The number of halogens is 3. The van der Waals surface area contributed by atoms with Crippen LogP contribution in [-0.4, -0.2) is 16.9 Å². The molecule has 0 unspecified atom stereocenters. The molecular formula is C17H14BrF2NO3. The Balaban J connectivity index is 1.77. The fourth-order valence-corrected chi connectivity index (χ4v) is 2.37. The summed E-state index contributed by atoms with van der Waals surface area (Å²) in [4.78, 5) is 4.29.